The summed E-state index contributed by atoms with van der Waals surface area (Å²) in [4.78, 5) is 23.8. The lowest BCUT2D eigenvalue weighted by Crippen LogP contribution is -2.25. The summed E-state index contributed by atoms with van der Waals surface area (Å²) >= 11 is 6.28. The van der Waals surface area contributed by atoms with Gasteiger partial charge in [-0.25, -0.2) is 9.97 Å². The number of H-pyrrole nitrogens is 1. The molecule has 1 unspecified atom stereocenters. The van der Waals surface area contributed by atoms with Gasteiger partial charge in [0.25, 0.3) is 0 Å². The molecule has 4 N–H and O–H groups in total. The molecule has 0 saturated heterocycles. The van der Waals surface area contributed by atoms with E-state index in [0.29, 0.717) is 23.2 Å². The van der Waals surface area contributed by atoms with E-state index < -0.39 is 0 Å². The number of aryl methyl sites for hydroxylation is 1. The predicted octanol–water partition coefficient (Wildman–Crippen LogP) is 2.86. The van der Waals surface area contributed by atoms with Crippen LogP contribution in [0.3, 0.4) is 0 Å². The number of nitrogen functional groups attached to an aromatic ring is 1. The Morgan fingerprint density at radius 1 is 1.41 bits per heavy atom. The summed E-state index contributed by atoms with van der Waals surface area (Å²) in [5.41, 5.74) is 7.37. The molecule has 3 rings (SSSR count). The van der Waals surface area contributed by atoms with Crippen LogP contribution in [0.25, 0.3) is 0 Å². The van der Waals surface area contributed by atoms with Crippen molar-refractivity contribution >= 4 is 29.1 Å². The van der Waals surface area contributed by atoms with E-state index in [0.717, 1.165) is 36.3 Å². The van der Waals surface area contributed by atoms with Crippen molar-refractivity contribution in [2.24, 2.45) is 0 Å². The second kappa shape index (κ2) is 5.96. The number of aromatic amines is 1. The van der Waals surface area contributed by atoms with Crippen molar-refractivity contribution in [2.45, 2.75) is 38.5 Å². The Kier molecular flexibility index (Phi) is 4.02. The minimum absolute atomic E-state index is 0.101. The van der Waals surface area contributed by atoms with Crippen molar-refractivity contribution in [1.82, 2.24) is 15.0 Å². The number of aromatic nitrogens is 3. The predicted molar refractivity (Wildman–Crippen MR) is 85.9 cm³/mol. The molecular formula is C15H18ClN5O. The number of nitrogens with two attached hydrogens (primary N) is 1. The lowest BCUT2D eigenvalue weighted by atomic mass is 9.90. The number of carbonyl (C=O) groups excluding carboxylic acids is 1. The van der Waals surface area contributed by atoms with Crippen molar-refractivity contribution in [2.75, 3.05) is 11.1 Å². The van der Waals surface area contributed by atoms with Crippen molar-refractivity contribution in [3.63, 3.8) is 0 Å². The van der Waals surface area contributed by atoms with Gasteiger partial charge >= 0.3 is 0 Å². The molecule has 0 aromatic carbocycles. The molecule has 2 aromatic heterocycles. The highest BCUT2D eigenvalue weighted by atomic mass is 35.5. The van der Waals surface area contributed by atoms with E-state index in [1.54, 1.807) is 6.07 Å². The number of pyridine rings is 1. The molecule has 7 heteroatoms. The summed E-state index contributed by atoms with van der Waals surface area (Å²) in [5.74, 6) is 1.46. The molecule has 1 amide bonds. The number of nitrogens with zero attached hydrogens (tertiary/aromatic N) is 2. The van der Waals surface area contributed by atoms with Crippen LogP contribution in [-0.4, -0.2) is 20.9 Å². The van der Waals surface area contributed by atoms with Crippen LogP contribution in [0.15, 0.2) is 12.1 Å². The average molecular weight is 320 g/mol. The Bertz CT molecular complexity index is 712. The second-order valence-electron chi connectivity index (χ2n) is 5.47. The standard InChI is InChI=1S/C15H18ClN5O/c1-2-3-4-11-19-13(14(16)20-11)9-7-12(22)21-15-8(9)5-6-10(17)18-15/h5-6,9H,2-4,7H2,1H3,(H,19,20)(H3,17,18,21,22). The molecule has 116 valence electrons. The van der Waals surface area contributed by atoms with Gasteiger partial charge in [-0.1, -0.05) is 31.0 Å². The summed E-state index contributed by atoms with van der Waals surface area (Å²) in [5, 5.41) is 3.18. The summed E-state index contributed by atoms with van der Waals surface area (Å²) in [6, 6.07) is 3.61. The number of rotatable bonds is 4. The SMILES string of the molecule is CCCCc1nc(Cl)c(C2CC(=O)Nc3nc(N)ccc32)[nH]1. The smallest absolute Gasteiger partial charge is 0.226 e. The fourth-order valence-corrected chi connectivity index (χ4v) is 2.99. The fraction of sp³-hybridized carbons (Fsp3) is 0.400. The number of unbranched alkanes of at least 4 members (excludes halogenated alkanes) is 1. The zero-order valence-corrected chi connectivity index (χ0v) is 13.1. The van der Waals surface area contributed by atoms with Gasteiger partial charge in [0.15, 0.2) is 5.15 Å². The van der Waals surface area contributed by atoms with Crippen LogP contribution in [0, 0.1) is 0 Å². The van der Waals surface area contributed by atoms with E-state index >= 15 is 0 Å². The molecule has 3 heterocycles. The molecular weight excluding hydrogens is 302 g/mol. The number of halogens is 1. The van der Waals surface area contributed by atoms with Crippen LogP contribution in [0.1, 0.15) is 49.2 Å². The molecule has 0 spiro atoms. The van der Waals surface area contributed by atoms with Gasteiger partial charge in [-0.05, 0) is 12.5 Å². The van der Waals surface area contributed by atoms with Gasteiger partial charge in [0, 0.05) is 24.3 Å². The van der Waals surface area contributed by atoms with Crippen molar-refractivity contribution < 1.29 is 4.79 Å². The molecule has 0 aliphatic carbocycles. The number of hydrogen-bond acceptors (Lipinski definition) is 4. The summed E-state index contributed by atoms with van der Waals surface area (Å²) in [6.07, 6.45) is 3.30. The fourth-order valence-electron chi connectivity index (χ4n) is 2.71. The van der Waals surface area contributed by atoms with Gasteiger partial charge in [-0.3, -0.25) is 4.79 Å². The molecule has 0 bridgehead atoms. The summed E-state index contributed by atoms with van der Waals surface area (Å²) < 4.78 is 0. The quantitative estimate of drug-likeness (QED) is 0.807. The number of carbonyl (C=O) groups is 1. The first-order valence-corrected chi connectivity index (χ1v) is 7.76. The van der Waals surface area contributed by atoms with E-state index in [2.05, 4.69) is 27.2 Å². The van der Waals surface area contributed by atoms with Gasteiger partial charge in [0.1, 0.15) is 17.5 Å². The van der Waals surface area contributed by atoms with Gasteiger partial charge in [-0.2, -0.15) is 0 Å². The maximum absolute atomic E-state index is 11.9. The minimum Gasteiger partial charge on any atom is -0.384 e. The number of imidazole rings is 1. The van der Waals surface area contributed by atoms with Crippen LogP contribution in [0.5, 0.6) is 0 Å². The highest BCUT2D eigenvalue weighted by molar-refractivity contribution is 6.30. The molecule has 0 fully saturated rings. The Labute approximate surface area is 133 Å². The highest BCUT2D eigenvalue weighted by Crippen LogP contribution is 2.38. The van der Waals surface area contributed by atoms with Gasteiger partial charge < -0.3 is 16.0 Å². The van der Waals surface area contributed by atoms with Gasteiger partial charge in [-0.15, -0.1) is 0 Å². The molecule has 6 nitrogen and oxygen atoms in total. The number of fused-ring (bicyclic) bond motifs is 1. The minimum atomic E-state index is -0.174. The molecule has 1 aliphatic rings. The molecule has 0 saturated carbocycles. The molecule has 1 atom stereocenters. The number of anilines is 2. The zero-order chi connectivity index (χ0) is 15.7. The van der Waals surface area contributed by atoms with Crippen LogP contribution < -0.4 is 11.1 Å². The van der Waals surface area contributed by atoms with Crippen molar-refractivity contribution in [3.8, 4) is 0 Å². The van der Waals surface area contributed by atoms with E-state index in [-0.39, 0.29) is 11.8 Å². The lowest BCUT2D eigenvalue weighted by Gasteiger charge is -2.24. The number of amides is 1. The first kappa shape index (κ1) is 14.8. The zero-order valence-electron chi connectivity index (χ0n) is 12.3. The third-order valence-electron chi connectivity index (χ3n) is 3.82. The average Bonchev–Trinajstić information content (AvgIpc) is 2.84. The van der Waals surface area contributed by atoms with Gasteiger partial charge in [0.05, 0.1) is 5.69 Å². The Hall–Kier alpha value is -2.08. The molecule has 22 heavy (non-hydrogen) atoms. The topological polar surface area (TPSA) is 96.7 Å². The monoisotopic (exact) mass is 319 g/mol. The molecule has 2 aromatic rings. The Balaban J connectivity index is 1.98. The number of hydrogen-bond donors (Lipinski definition) is 3. The maximum Gasteiger partial charge on any atom is 0.226 e. The van der Waals surface area contributed by atoms with E-state index in [1.807, 2.05) is 6.07 Å². The third kappa shape index (κ3) is 2.78. The van der Waals surface area contributed by atoms with E-state index in [4.69, 9.17) is 17.3 Å². The highest BCUT2D eigenvalue weighted by Gasteiger charge is 2.30. The second-order valence-corrected chi connectivity index (χ2v) is 5.83. The van der Waals surface area contributed by atoms with Crippen LogP contribution in [0.4, 0.5) is 11.6 Å². The molecule has 0 radical (unpaired) electrons. The number of nitrogens with one attached hydrogen (secondary N) is 2. The first-order chi connectivity index (χ1) is 10.6. The maximum atomic E-state index is 11.9. The van der Waals surface area contributed by atoms with Crippen molar-refractivity contribution in [1.29, 1.82) is 0 Å². The molecule has 1 aliphatic heterocycles. The van der Waals surface area contributed by atoms with Crippen LogP contribution in [-0.2, 0) is 11.2 Å². The van der Waals surface area contributed by atoms with E-state index in [9.17, 15) is 4.79 Å². The largest absolute Gasteiger partial charge is 0.384 e. The van der Waals surface area contributed by atoms with Crippen LogP contribution >= 0.6 is 11.6 Å². The Morgan fingerprint density at radius 2 is 2.23 bits per heavy atom. The van der Waals surface area contributed by atoms with Crippen LogP contribution in [0.2, 0.25) is 5.15 Å². The summed E-state index contributed by atoms with van der Waals surface area (Å²) in [7, 11) is 0. The normalized spacial score (nSPS) is 17.2. The lowest BCUT2D eigenvalue weighted by molar-refractivity contribution is -0.116. The first-order valence-electron chi connectivity index (χ1n) is 7.39. The van der Waals surface area contributed by atoms with Crippen molar-refractivity contribution in [3.05, 3.63) is 34.4 Å². The van der Waals surface area contributed by atoms with E-state index in [1.165, 1.54) is 0 Å². The summed E-state index contributed by atoms with van der Waals surface area (Å²) in [6.45, 7) is 2.13. The third-order valence-corrected chi connectivity index (χ3v) is 4.11. The van der Waals surface area contributed by atoms with Gasteiger partial charge in [0.2, 0.25) is 5.91 Å². The Morgan fingerprint density at radius 3 is 3.00 bits per heavy atom.